The Balaban J connectivity index is 1.70. The average molecular weight is 279 g/mol. The van der Waals surface area contributed by atoms with Crippen LogP contribution in [0, 0.1) is 5.82 Å². The van der Waals surface area contributed by atoms with E-state index in [1.54, 1.807) is 18.2 Å². The van der Waals surface area contributed by atoms with Gasteiger partial charge in [-0.25, -0.2) is 4.39 Å². The molecule has 1 heterocycles. The number of rotatable bonds is 6. The molecule has 1 unspecified atom stereocenters. The fourth-order valence-electron chi connectivity index (χ4n) is 2.44. The monoisotopic (exact) mass is 279 g/mol. The largest absolute Gasteiger partial charge is 0.322 e. The Kier molecular flexibility index (Phi) is 5.49. The number of nitrogens with zero attached hydrogens (tertiary/aromatic N) is 1. The molecule has 0 radical (unpaired) electrons. The van der Waals surface area contributed by atoms with Crippen LogP contribution in [-0.4, -0.2) is 43.0 Å². The first kappa shape index (κ1) is 14.9. The quantitative estimate of drug-likeness (QED) is 0.835. The standard InChI is InChI=1S/C15H22FN3O/c1-12(11-19-8-4-5-9-19)17-10-15(20)18-14-7-3-2-6-13(14)16/h2-3,6-7,12,17H,4-5,8-11H2,1H3,(H,18,20). The maximum atomic E-state index is 13.4. The molecule has 1 amide bonds. The number of para-hydroxylation sites is 1. The van der Waals surface area contributed by atoms with E-state index in [4.69, 9.17) is 0 Å². The number of nitrogens with one attached hydrogen (secondary N) is 2. The highest BCUT2D eigenvalue weighted by Gasteiger charge is 2.15. The molecule has 1 aromatic rings. The van der Waals surface area contributed by atoms with Gasteiger partial charge in [-0.15, -0.1) is 0 Å². The number of anilines is 1. The normalized spacial score (nSPS) is 17.1. The number of likely N-dealkylation sites (tertiary alicyclic amines) is 1. The summed E-state index contributed by atoms with van der Waals surface area (Å²) in [6.07, 6.45) is 2.53. The molecule has 1 aliphatic heterocycles. The number of carbonyl (C=O) groups excluding carboxylic acids is 1. The average Bonchev–Trinajstić information content (AvgIpc) is 2.92. The highest BCUT2D eigenvalue weighted by atomic mass is 19.1. The van der Waals surface area contributed by atoms with Crippen LogP contribution in [0.2, 0.25) is 0 Å². The first-order valence-corrected chi connectivity index (χ1v) is 7.15. The zero-order valence-electron chi connectivity index (χ0n) is 11.9. The number of amides is 1. The molecule has 1 aromatic carbocycles. The molecule has 0 bridgehead atoms. The smallest absolute Gasteiger partial charge is 0.238 e. The molecule has 20 heavy (non-hydrogen) atoms. The van der Waals surface area contributed by atoms with Crippen molar-refractivity contribution in [3.63, 3.8) is 0 Å². The van der Waals surface area contributed by atoms with Crippen molar-refractivity contribution in [2.24, 2.45) is 0 Å². The van der Waals surface area contributed by atoms with Crippen LogP contribution in [0.4, 0.5) is 10.1 Å². The van der Waals surface area contributed by atoms with E-state index in [1.807, 2.05) is 0 Å². The van der Waals surface area contributed by atoms with Crippen molar-refractivity contribution in [1.29, 1.82) is 0 Å². The van der Waals surface area contributed by atoms with E-state index in [1.165, 1.54) is 18.9 Å². The maximum Gasteiger partial charge on any atom is 0.238 e. The predicted molar refractivity (Wildman–Crippen MR) is 78.2 cm³/mol. The van der Waals surface area contributed by atoms with Gasteiger partial charge >= 0.3 is 0 Å². The topological polar surface area (TPSA) is 44.4 Å². The molecule has 5 heteroatoms. The van der Waals surface area contributed by atoms with Crippen LogP contribution in [-0.2, 0) is 4.79 Å². The molecule has 1 atom stereocenters. The third-order valence-electron chi connectivity index (χ3n) is 3.49. The number of halogens is 1. The van der Waals surface area contributed by atoms with Crippen molar-refractivity contribution in [1.82, 2.24) is 10.2 Å². The number of carbonyl (C=O) groups is 1. The predicted octanol–water partition coefficient (Wildman–Crippen LogP) is 1.84. The van der Waals surface area contributed by atoms with E-state index in [9.17, 15) is 9.18 Å². The van der Waals surface area contributed by atoms with Crippen LogP contribution in [0.25, 0.3) is 0 Å². The second-order valence-corrected chi connectivity index (χ2v) is 5.32. The Labute approximate surface area is 119 Å². The summed E-state index contributed by atoms with van der Waals surface area (Å²) >= 11 is 0. The van der Waals surface area contributed by atoms with Crippen molar-refractivity contribution >= 4 is 11.6 Å². The van der Waals surface area contributed by atoms with Gasteiger partial charge in [0, 0.05) is 12.6 Å². The second-order valence-electron chi connectivity index (χ2n) is 5.32. The second kappa shape index (κ2) is 7.36. The number of hydrogen-bond donors (Lipinski definition) is 2. The molecule has 0 aromatic heterocycles. The van der Waals surface area contributed by atoms with Crippen LogP contribution < -0.4 is 10.6 Å². The Morgan fingerprint density at radius 3 is 2.75 bits per heavy atom. The molecular formula is C15H22FN3O. The fourth-order valence-corrected chi connectivity index (χ4v) is 2.44. The summed E-state index contributed by atoms with van der Waals surface area (Å²) in [6.45, 7) is 5.51. The Morgan fingerprint density at radius 1 is 1.35 bits per heavy atom. The lowest BCUT2D eigenvalue weighted by Gasteiger charge is -2.21. The van der Waals surface area contributed by atoms with Gasteiger partial charge in [0.1, 0.15) is 5.82 Å². The molecule has 0 saturated carbocycles. The van der Waals surface area contributed by atoms with E-state index in [0.717, 1.165) is 19.6 Å². The minimum Gasteiger partial charge on any atom is -0.322 e. The van der Waals surface area contributed by atoms with Crippen molar-refractivity contribution in [2.75, 3.05) is 31.5 Å². The van der Waals surface area contributed by atoms with E-state index in [2.05, 4.69) is 22.5 Å². The maximum absolute atomic E-state index is 13.4. The molecule has 2 rings (SSSR count). The van der Waals surface area contributed by atoms with E-state index >= 15 is 0 Å². The Morgan fingerprint density at radius 2 is 2.05 bits per heavy atom. The highest BCUT2D eigenvalue weighted by Crippen LogP contribution is 2.12. The lowest BCUT2D eigenvalue weighted by Crippen LogP contribution is -2.41. The van der Waals surface area contributed by atoms with Gasteiger partial charge in [0.2, 0.25) is 5.91 Å². The Bertz CT molecular complexity index is 446. The Hall–Kier alpha value is -1.46. The van der Waals surface area contributed by atoms with Crippen molar-refractivity contribution < 1.29 is 9.18 Å². The van der Waals surface area contributed by atoms with Crippen molar-refractivity contribution in [3.05, 3.63) is 30.1 Å². The lowest BCUT2D eigenvalue weighted by molar-refractivity contribution is -0.115. The van der Waals surface area contributed by atoms with E-state index in [-0.39, 0.29) is 24.2 Å². The molecule has 4 nitrogen and oxygen atoms in total. The minimum atomic E-state index is -0.411. The van der Waals surface area contributed by atoms with E-state index in [0.29, 0.717) is 0 Å². The summed E-state index contributed by atoms with van der Waals surface area (Å²) < 4.78 is 13.4. The van der Waals surface area contributed by atoms with Crippen LogP contribution >= 0.6 is 0 Å². The summed E-state index contributed by atoms with van der Waals surface area (Å²) in [6, 6.07) is 6.43. The van der Waals surface area contributed by atoms with Crippen molar-refractivity contribution in [2.45, 2.75) is 25.8 Å². The minimum absolute atomic E-state index is 0.198. The highest BCUT2D eigenvalue weighted by molar-refractivity contribution is 5.92. The fraction of sp³-hybridized carbons (Fsp3) is 0.533. The van der Waals surface area contributed by atoms with Gasteiger partial charge in [-0.1, -0.05) is 12.1 Å². The summed E-state index contributed by atoms with van der Waals surface area (Å²) in [5.41, 5.74) is 0.228. The molecule has 110 valence electrons. The zero-order chi connectivity index (χ0) is 14.4. The third kappa shape index (κ3) is 4.58. The van der Waals surface area contributed by atoms with Gasteiger partial charge in [-0.2, -0.15) is 0 Å². The van der Waals surface area contributed by atoms with Gasteiger partial charge in [0.15, 0.2) is 0 Å². The van der Waals surface area contributed by atoms with Gasteiger partial charge in [0.05, 0.1) is 12.2 Å². The molecule has 0 aliphatic carbocycles. The van der Waals surface area contributed by atoms with Crippen LogP contribution in [0.3, 0.4) is 0 Å². The lowest BCUT2D eigenvalue weighted by atomic mass is 10.3. The molecule has 1 fully saturated rings. The van der Waals surface area contributed by atoms with Gasteiger partial charge < -0.3 is 15.5 Å². The number of benzene rings is 1. The molecule has 1 aliphatic rings. The summed E-state index contributed by atoms with van der Waals surface area (Å²) in [5, 5.41) is 5.74. The molecule has 1 saturated heterocycles. The molecule has 2 N–H and O–H groups in total. The van der Waals surface area contributed by atoms with Crippen molar-refractivity contribution in [3.8, 4) is 0 Å². The van der Waals surface area contributed by atoms with Gasteiger partial charge in [-0.3, -0.25) is 4.79 Å². The summed E-state index contributed by atoms with van der Waals surface area (Å²) in [4.78, 5) is 14.1. The summed E-state index contributed by atoms with van der Waals surface area (Å²) in [7, 11) is 0. The van der Waals surface area contributed by atoms with E-state index < -0.39 is 5.82 Å². The van der Waals surface area contributed by atoms with Gasteiger partial charge in [0.25, 0.3) is 0 Å². The SMILES string of the molecule is CC(CN1CCCC1)NCC(=O)Nc1ccccc1F. The van der Waals surface area contributed by atoms with Crippen LogP contribution in [0.1, 0.15) is 19.8 Å². The van der Waals surface area contributed by atoms with Crippen LogP contribution in [0.15, 0.2) is 24.3 Å². The summed E-state index contributed by atoms with van der Waals surface area (Å²) in [5.74, 6) is -0.630. The number of hydrogen-bond acceptors (Lipinski definition) is 3. The molecule has 0 spiro atoms. The van der Waals surface area contributed by atoms with Gasteiger partial charge in [-0.05, 0) is 45.0 Å². The third-order valence-corrected chi connectivity index (χ3v) is 3.49. The first-order valence-electron chi connectivity index (χ1n) is 7.15. The zero-order valence-corrected chi connectivity index (χ0v) is 11.9. The molecular weight excluding hydrogens is 257 g/mol. The van der Waals surface area contributed by atoms with Crippen LogP contribution in [0.5, 0.6) is 0 Å². The first-order chi connectivity index (χ1) is 9.65.